The smallest absolute Gasteiger partial charge is 0.305 e. The van der Waals surface area contributed by atoms with Crippen LogP contribution in [0.3, 0.4) is 0 Å². The van der Waals surface area contributed by atoms with Crippen LogP contribution >= 0.6 is 39.0 Å². The number of rotatable bonds is 2. The van der Waals surface area contributed by atoms with Gasteiger partial charge in [0.25, 0.3) is 0 Å². The molecule has 0 spiro atoms. The van der Waals surface area contributed by atoms with Gasteiger partial charge in [-0.2, -0.15) is 0 Å². The largest absolute Gasteiger partial charge is 0.460 e. The second-order valence-corrected chi connectivity index (χ2v) is 11.0. The Kier molecular flexibility index (Phi) is 3.79. The summed E-state index contributed by atoms with van der Waals surface area (Å²) in [7, 11) is 0. The number of benzene rings is 1. The Hall–Kier alpha value is -1.24. The zero-order valence-corrected chi connectivity index (χ0v) is 17.7. The Labute approximate surface area is 173 Å². The standard InChI is InChI=1S/C21H18BrNO2S2/c22-13-5-3-10(4-6-13)14-7-8-15(25-14)17-16-11-1-2-12(9-11)18(16)26-20-19(17)27-21(24)23-20/h3-8,11-12,16-18H,1-2,9H2,(H,23,24)/t11-,12-,16+,17+,18+/m0/s1. The van der Waals surface area contributed by atoms with E-state index < -0.39 is 0 Å². The van der Waals surface area contributed by atoms with Crippen LogP contribution in [0, 0.1) is 17.8 Å². The number of nitrogens with one attached hydrogen (secondary N) is 1. The number of furan rings is 1. The molecular weight excluding hydrogens is 442 g/mol. The molecule has 6 heteroatoms. The van der Waals surface area contributed by atoms with E-state index >= 15 is 0 Å². The zero-order valence-electron chi connectivity index (χ0n) is 14.5. The molecule has 2 saturated carbocycles. The summed E-state index contributed by atoms with van der Waals surface area (Å²) in [6.45, 7) is 0. The van der Waals surface area contributed by atoms with Crippen LogP contribution in [0.25, 0.3) is 11.3 Å². The quantitative estimate of drug-likeness (QED) is 0.502. The second kappa shape index (κ2) is 6.13. The van der Waals surface area contributed by atoms with Gasteiger partial charge in [-0.3, -0.25) is 4.79 Å². The number of hydrogen-bond donors (Lipinski definition) is 1. The van der Waals surface area contributed by atoms with Crippen molar-refractivity contribution in [2.24, 2.45) is 17.8 Å². The fraction of sp³-hybridized carbons (Fsp3) is 0.381. The Balaban J connectivity index is 1.45. The summed E-state index contributed by atoms with van der Waals surface area (Å²) in [5, 5.41) is 1.71. The fourth-order valence-electron chi connectivity index (χ4n) is 5.46. The van der Waals surface area contributed by atoms with Crippen molar-refractivity contribution in [1.29, 1.82) is 0 Å². The maximum absolute atomic E-state index is 12.1. The summed E-state index contributed by atoms with van der Waals surface area (Å²) in [6.07, 6.45) is 4.02. The molecule has 3 aliphatic rings. The van der Waals surface area contributed by atoms with Crippen molar-refractivity contribution in [2.45, 2.75) is 35.5 Å². The molecule has 27 heavy (non-hydrogen) atoms. The maximum atomic E-state index is 12.1. The lowest BCUT2D eigenvalue weighted by molar-refractivity contribution is 0.285. The number of hydrogen-bond acceptors (Lipinski definition) is 4. The highest BCUT2D eigenvalue weighted by Crippen LogP contribution is 2.63. The van der Waals surface area contributed by atoms with Gasteiger partial charge in [0.15, 0.2) is 0 Å². The van der Waals surface area contributed by atoms with Crippen LogP contribution in [-0.2, 0) is 0 Å². The number of thioether (sulfide) groups is 1. The number of fused-ring (bicyclic) bond motifs is 6. The van der Waals surface area contributed by atoms with Crippen LogP contribution < -0.4 is 4.87 Å². The molecule has 2 aliphatic carbocycles. The van der Waals surface area contributed by atoms with Crippen molar-refractivity contribution in [3.63, 3.8) is 0 Å². The minimum Gasteiger partial charge on any atom is -0.460 e. The molecule has 1 aromatic carbocycles. The van der Waals surface area contributed by atoms with Gasteiger partial charge in [0.1, 0.15) is 11.5 Å². The third-order valence-electron chi connectivity index (χ3n) is 6.53. The molecule has 2 bridgehead atoms. The predicted octanol–water partition coefficient (Wildman–Crippen LogP) is 6.11. The molecule has 2 aromatic heterocycles. The highest BCUT2D eigenvalue weighted by atomic mass is 79.9. The molecule has 1 N–H and O–H groups in total. The van der Waals surface area contributed by atoms with Gasteiger partial charge in [-0.25, -0.2) is 0 Å². The van der Waals surface area contributed by atoms with Gasteiger partial charge in [0, 0.05) is 15.3 Å². The lowest BCUT2D eigenvalue weighted by Crippen LogP contribution is -2.33. The third kappa shape index (κ3) is 2.56. The average molecular weight is 460 g/mol. The van der Waals surface area contributed by atoms with E-state index in [1.165, 1.54) is 35.5 Å². The van der Waals surface area contributed by atoms with E-state index in [1.807, 2.05) is 23.9 Å². The highest BCUT2D eigenvalue weighted by Gasteiger charge is 2.55. The number of halogens is 1. The molecule has 0 unspecified atom stereocenters. The van der Waals surface area contributed by atoms with Gasteiger partial charge >= 0.3 is 4.87 Å². The molecular formula is C21H18BrNO2S2. The number of aromatic amines is 1. The summed E-state index contributed by atoms with van der Waals surface area (Å²) in [5.74, 6) is 4.30. The van der Waals surface area contributed by atoms with Gasteiger partial charge in [0.05, 0.1) is 15.8 Å². The first kappa shape index (κ1) is 16.7. The topological polar surface area (TPSA) is 46.0 Å². The molecule has 0 amide bonds. The third-order valence-corrected chi connectivity index (χ3v) is 9.68. The Morgan fingerprint density at radius 1 is 1.07 bits per heavy atom. The molecule has 0 radical (unpaired) electrons. The van der Waals surface area contributed by atoms with Crippen LogP contribution in [-0.4, -0.2) is 10.2 Å². The summed E-state index contributed by atoms with van der Waals surface area (Å²) in [4.78, 5) is 16.4. The monoisotopic (exact) mass is 459 g/mol. The SMILES string of the molecule is O=c1[nH]c2c(s1)[C@H](c1ccc(-c3ccc(Br)cc3)o1)[C@H]1[C@H]3CC[C@@H](C3)[C@H]1S2. The first-order chi connectivity index (χ1) is 13.2. The van der Waals surface area contributed by atoms with Gasteiger partial charge < -0.3 is 9.40 Å². The van der Waals surface area contributed by atoms with Crippen LogP contribution in [0.15, 0.2) is 55.1 Å². The molecule has 3 nitrogen and oxygen atoms in total. The summed E-state index contributed by atoms with van der Waals surface area (Å²) >= 11 is 6.79. The fourth-order valence-corrected chi connectivity index (χ4v) is 8.60. The predicted molar refractivity (Wildman–Crippen MR) is 113 cm³/mol. The molecule has 6 rings (SSSR count). The van der Waals surface area contributed by atoms with Crippen LogP contribution in [0.5, 0.6) is 0 Å². The van der Waals surface area contributed by atoms with E-state index in [1.54, 1.807) is 0 Å². The molecule has 5 atom stereocenters. The minimum absolute atomic E-state index is 0.0597. The van der Waals surface area contributed by atoms with E-state index in [0.717, 1.165) is 38.4 Å². The van der Waals surface area contributed by atoms with Crippen LogP contribution in [0.4, 0.5) is 0 Å². The van der Waals surface area contributed by atoms with E-state index in [4.69, 9.17) is 4.42 Å². The van der Waals surface area contributed by atoms with Crippen molar-refractivity contribution in [3.05, 3.63) is 61.2 Å². The van der Waals surface area contributed by atoms with E-state index in [0.29, 0.717) is 11.2 Å². The molecule has 3 heterocycles. The number of thiazole rings is 1. The lowest BCUT2D eigenvalue weighted by Gasteiger charge is -2.38. The minimum atomic E-state index is 0.0597. The van der Waals surface area contributed by atoms with Gasteiger partial charge in [-0.1, -0.05) is 39.4 Å². The number of H-pyrrole nitrogens is 1. The van der Waals surface area contributed by atoms with E-state index in [2.05, 4.69) is 45.2 Å². The Bertz CT molecular complexity index is 1070. The van der Waals surface area contributed by atoms with E-state index in [9.17, 15) is 4.79 Å². The average Bonchev–Trinajstić information content (AvgIpc) is 3.43. The molecule has 138 valence electrons. The van der Waals surface area contributed by atoms with Gasteiger partial charge in [0.2, 0.25) is 0 Å². The van der Waals surface area contributed by atoms with Crippen LogP contribution in [0.1, 0.15) is 35.8 Å². The molecule has 1 aliphatic heterocycles. The normalized spacial score (nSPS) is 31.1. The molecule has 2 fully saturated rings. The Morgan fingerprint density at radius 3 is 2.74 bits per heavy atom. The van der Waals surface area contributed by atoms with Gasteiger partial charge in [-0.05, 0) is 61.3 Å². The highest BCUT2D eigenvalue weighted by molar-refractivity contribution is 9.10. The molecule has 3 aromatic rings. The first-order valence-electron chi connectivity index (χ1n) is 9.43. The maximum Gasteiger partial charge on any atom is 0.305 e. The Morgan fingerprint density at radius 2 is 1.89 bits per heavy atom. The van der Waals surface area contributed by atoms with Gasteiger partial charge in [-0.15, -0.1) is 11.8 Å². The van der Waals surface area contributed by atoms with Crippen LogP contribution in [0.2, 0.25) is 0 Å². The van der Waals surface area contributed by atoms with Crippen molar-refractivity contribution in [1.82, 2.24) is 4.98 Å². The van der Waals surface area contributed by atoms with E-state index in [-0.39, 0.29) is 10.8 Å². The van der Waals surface area contributed by atoms with Crippen molar-refractivity contribution in [3.8, 4) is 11.3 Å². The number of aromatic nitrogens is 1. The van der Waals surface area contributed by atoms with Crippen molar-refractivity contribution < 1.29 is 4.42 Å². The van der Waals surface area contributed by atoms with Crippen molar-refractivity contribution >= 4 is 39.0 Å². The molecule has 0 saturated heterocycles. The second-order valence-electron chi connectivity index (χ2n) is 7.89. The summed E-state index contributed by atoms with van der Waals surface area (Å²) < 4.78 is 7.46. The van der Waals surface area contributed by atoms with Crippen molar-refractivity contribution in [2.75, 3.05) is 0 Å². The summed E-state index contributed by atoms with van der Waals surface area (Å²) in [6, 6.07) is 12.4. The summed E-state index contributed by atoms with van der Waals surface area (Å²) in [5.41, 5.74) is 1.08. The lowest BCUT2D eigenvalue weighted by atomic mass is 9.77. The first-order valence-corrected chi connectivity index (χ1v) is 11.9. The zero-order chi connectivity index (χ0) is 18.1.